The number of methoxy groups -OCH3 is 1. The van der Waals surface area contributed by atoms with Crippen molar-refractivity contribution >= 4 is 27.3 Å². The van der Waals surface area contributed by atoms with E-state index in [1.165, 1.54) is 32.4 Å². The number of anilines is 2. The van der Waals surface area contributed by atoms with Gasteiger partial charge in [0.2, 0.25) is 0 Å². The number of hydrogen-bond acceptors (Lipinski definition) is 4. The van der Waals surface area contributed by atoms with Gasteiger partial charge in [0.05, 0.1) is 17.7 Å². The fourth-order valence-corrected chi connectivity index (χ4v) is 4.75. The molecule has 4 aromatic rings. The summed E-state index contributed by atoms with van der Waals surface area (Å²) in [6.07, 6.45) is 0. The largest absolute Gasteiger partial charge is 0.495 e. The third-order valence-corrected chi connectivity index (χ3v) is 7.29. The normalized spacial score (nSPS) is 11.1. The lowest BCUT2D eigenvalue weighted by atomic mass is 10.0. The van der Waals surface area contributed by atoms with Crippen LogP contribution in [0, 0.1) is 5.82 Å². The second-order valence-corrected chi connectivity index (χ2v) is 9.68. The molecule has 1 N–H and O–H groups in total. The number of sulfonamides is 1. The van der Waals surface area contributed by atoms with Gasteiger partial charge in [0.15, 0.2) is 0 Å². The number of benzene rings is 4. The third kappa shape index (κ3) is 5.17. The highest BCUT2D eigenvalue weighted by molar-refractivity contribution is 7.92. The van der Waals surface area contributed by atoms with Gasteiger partial charge in [0.1, 0.15) is 11.6 Å². The summed E-state index contributed by atoms with van der Waals surface area (Å²) in [5.74, 6) is -0.584. The zero-order chi connectivity index (χ0) is 25.0. The summed E-state index contributed by atoms with van der Waals surface area (Å²) in [5, 5.41) is 2.80. The number of halogens is 1. The Hall–Kier alpha value is -4.17. The summed E-state index contributed by atoms with van der Waals surface area (Å²) in [6, 6.07) is 26.3. The molecule has 0 atom stereocenters. The van der Waals surface area contributed by atoms with Gasteiger partial charge in [-0.2, -0.15) is 0 Å². The molecule has 0 fully saturated rings. The summed E-state index contributed by atoms with van der Waals surface area (Å²) in [5.41, 5.74) is 3.09. The van der Waals surface area contributed by atoms with Crippen LogP contribution < -0.4 is 14.4 Å². The molecule has 4 rings (SSSR count). The second-order valence-electron chi connectivity index (χ2n) is 7.71. The molecule has 8 heteroatoms. The van der Waals surface area contributed by atoms with E-state index in [4.69, 9.17) is 4.74 Å². The molecule has 0 unspecified atom stereocenters. The van der Waals surface area contributed by atoms with Crippen molar-refractivity contribution in [3.05, 3.63) is 108 Å². The fraction of sp³-hybridized carbons (Fsp3) is 0.0741. The third-order valence-electron chi connectivity index (χ3n) is 5.50. The van der Waals surface area contributed by atoms with Gasteiger partial charge in [-0.1, -0.05) is 42.5 Å². The molecule has 0 heterocycles. The molecule has 0 saturated heterocycles. The van der Waals surface area contributed by atoms with Crippen molar-refractivity contribution in [2.24, 2.45) is 0 Å². The molecule has 0 bridgehead atoms. The number of rotatable bonds is 7. The van der Waals surface area contributed by atoms with Crippen LogP contribution in [0.5, 0.6) is 5.75 Å². The number of carbonyl (C=O) groups excluding carboxylic acids is 1. The molecule has 35 heavy (non-hydrogen) atoms. The molecular weight excluding hydrogens is 467 g/mol. The van der Waals surface area contributed by atoms with Crippen molar-refractivity contribution in [3.63, 3.8) is 0 Å². The van der Waals surface area contributed by atoms with Crippen LogP contribution in [0.25, 0.3) is 11.1 Å². The molecular formula is C27H23FN2O4S. The molecule has 0 radical (unpaired) electrons. The monoisotopic (exact) mass is 490 g/mol. The Morgan fingerprint density at radius 1 is 0.857 bits per heavy atom. The number of nitrogens with one attached hydrogen (secondary N) is 1. The molecule has 0 aliphatic rings. The lowest BCUT2D eigenvalue weighted by molar-refractivity contribution is 0.102. The van der Waals surface area contributed by atoms with E-state index in [9.17, 15) is 17.6 Å². The minimum Gasteiger partial charge on any atom is -0.495 e. The van der Waals surface area contributed by atoms with Gasteiger partial charge in [0, 0.05) is 18.3 Å². The van der Waals surface area contributed by atoms with Crippen LogP contribution in [0.3, 0.4) is 0 Å². The Kier molecular flexibility index (Phi) is 6.84. The van der Waals surface area contributed by atoms with E-state index < -0.39 is 15.8 Å². The first kappa shape index (κ1) is 24.0. The van der Waals surface area contributed by atoms with E-state index in [-0.39, 0.29) is 16.5 Å². The van der Waals surface area contributed by atoms with Gasteiger partial charge in [-0.25, -0.2) is 12.8 Å². The zero-order valence-electron chi connectivity index (χ0n) is 19.1. The molecule has 0 saturated carbocycles. The number of ether oxygens (including phenoxy) is 1. The molecule has 0 spiro atoms. The lowest BCUT2D eigenvalue weighted by Gasteiger charge is -2.22. The smallest absolute Gasteiger partial charge is 0.264 e. The first-order chi connectivity index (χ1) is 16.8. The van der Waals surface area contributed by atoms with Gasteiger partial charge in [0.25, 0.3) is 15.9 Å². The van der Waals surface area contributed by atoms with E-state index in [0.29, 0.717) is 17.0 Å². The summed E-state index contributed by atoms with van der Waals surface area (Å²) in [7, 11) is -1.21. The highest BCUT2D eigenvalue weighted by Gasteiger charge is 2.24. The van der Waals surface area contributed by atoms with Crippen LogP contribution >= 0.6 is 0 Å². The van der Waals surface area contributed by atoms with Gasteiger partial charge >= 0.3 is 0 Å². The maximum absolute atomic E-state index is 13.3. The van der Waals surface area contributed by atoms with Crippen molar-refractivity contribution in [3.8, 4) is 16.9 Å². The Morgan fingerprint density at radius 3 is 2.11 bits per heavy atom. The number of hydrogen-bond donors (Lipinski definition) is 1. The molecule has 0 aromatic heterocycles. The molecule has 6 nitrogen and oxygen atoms in total. The van der Waals surface area contributed by atoms with Gasteiger partial charge in [-0.3, -0.25) is 9.10 Å². The highest BCUT2D eigenvalue weighted by Crippen LogP contribution is 2.34. The summed E-state index contributed by atoms with van der Waals surface area (Å²) in [4.78, 5) is 12.8. The minimum atomic E-state index is -4.00. The molecule has 4 aromatic carbocycles. The Labute approximate surface area is 203 Å². The van der Waals surface area contributed by atoms with Gasteiger partial charge in [-0.05, 0) is 65.7 Å². The van der Waals surface area contributed by atoms with Crippen molar-refractivity contribution < 1.29 is 22.3 Å². The van der Waals surface area contributed by atoms with Crippen LogP contribution in [0.15, 0.2) is 102 Å². The van der Waals surface area contributed by atoms with E-state index in [1.807, 2.05) is 42.5 Å². The lowest BCUT2D eigenvalue weighted by Crippen LogP contribution is -2.27. The van der Waals surface area contributed by atoms with Crippen LogP contribution in [0.4, 0.5) is 15.8 Å². The van der Waals surface area contributed by atoms with E-state index in [0.717, 1.165) is 27.6 Å². The van der Waals surface area contributed by atoms with E-state index in [1.54, 1.807) is 24.3 Å². The average Bonchev–Trinajstić information content (AvgIpc) is 2.89. The Morgan fingerprint density at radius 2 is 1.49 bits per heavy atom. The van der Waals surface area contributed by atoms with Crippen LogP contribution in [-0.2, 0) is 10.0 Å². The van der Waals surface area contributed by atoms with E-state index >= 15 is 0 Å². The van der Waals surface area contributed by atoms with Crippen LogP contribution in [0.2, 0.25) is 0 Å². The summed E-state index contributed by atoms with van der Waals surface area (Å²) >= 11 is 0. The average molecular weight is 491 g/mol. The molecule has 0 aliphatic heterocycles. The minimum absolute atomic E-state index is 0.0728. The van der Waals surface area contributed by atoms with Crippen LogP contribution in [-0.4, -0.2) is 28.5 Å². The summed E-state index contributed by atoms with van der Waals surface area (Å²) < 4.78 is 45.8. The Balaban J connectivity index is 1.57. The maximum atomic E-state index is 13.3. The quantitative estimate of drug-likeness (QED) is 0.367. The topological polar surface area (TPSA) is 75.7 Å². The first-order valence-electron chi connectivity index (χ1n) is 10.7. The molecule has 1 amide bonds. The maximum Gasteiger partial charge on any atom is 0.264 e. The predicted molar refractivity (Wildman–Crippen MR) is 135 cm³/mol. The second kappa shape index (κ2) is 9.99. The molecule has 0 aliphatic carbocycles. The van der Waals surface area contributed by atoms with Crippen molar-refractivity contribution in [2.75, 3.05) is 23.8 Å². The van der Waals surface area contributed by atoms with Gasteiger partial charge in [-0.15, -0.1) is 0 Å². The number of carbonyl (C=O) groups is 1. The van der Waals surface area contributed by atoms with Crippen molar-refractivity contribution in [1.82, 2.24) is 0 Å². The highest BCUT2D eigenvalue weighted by atomic mass is 32.2. The first-order valence-corrected chi connectivity index (χ1v) is 12.1. The summed E-state index contributed by atoms with van der Waals surface area (Å²) in [6.45, 7) is 0. The van der Waals surface area contributed by atoms with Crippen molar-refractivity contribution in [2.45, 2.75) is 4.90 Å². The Bertz CT molecular complexity index is 1440. The number of nitrogens with zero attached hydrogens (tertiary/aromatic N) is 1. The van der Waals surface area contributed by atoms with Gasteiger partial charge < -0.3 is 10.1 Å². The van der Waals surface area contributed by atoms with Crippen molar-refractivity contribution in [1.29, 1.82) is 0 Å². The molecule has 178 valence electrons. The zero-order valence-corrected chi connectivity index (χ0v) is 19.9. The van der Waals surface area contributed by atoms with Crippen LogP contribution in [0.1, 0.15) is 10.4 Å². The SMILES string of the molecule is COc1ccc(NC(=O)c2ccc(-c3ccccc3)cc2)cc1N(C)S(=O)(=O)c1ccc(F)cc1. The standard InChI is InChI=1S/C27H23FN2O4S/c1-30(35(32,33)24-15-12-22(28)13-16-24)25-18-23(14-17-26(25)34-2)29-27(31)21-10-8-20(9-11-21)19-6-4-3-5-7-19/h3-18H,1-2H3,(H,29,31). The number of amides is 1. The van der Waals surface area contributed by atoms with E-state index in [2.05, 4.69) is 5.32 Å². The fourth-order valence-electron chi connectivity index (χ4n) is 3.56. The predicted octanol–water partition coefficient (Wildman–Crippen LogP) is 5.58.